The van der Waals surface area contributed by atoms with Crippen LogP contribution in [0.4, 0.5) is 17.1 Å². The number of nitro benzene ring substituents is 1. The van der Waals surface area contributed by atoms with Crippen molar-refractivity contribution < 1.29 is 9.72 Å². The van der Waals surface area contributed by atoms with E-state index >= 15 is 0 Å². The van der Waals surface area contributed by atoms with Crippen molar-refractivity contribution in [2.75, 3.05) is 11.1 Å². The summed E-state index contributed by atoms with van der Waals surface area (Å²) in [6.45, 7) is 1.83. The molecular weight excluding hydrogens is 338 g/mol. The highest BCUT2D eigenvalue weighted by Crippen LogP contribution is 2.27. The molecule has 2 aromatic rings. The van der Waals surface area contributed by atoms with Crippen LogP contribution in [0.25, 0.3) is 0 Å². The van der Waals surface area contributed by atoms with Crippen LogP contribution in [-0.4, -0.2) is 10.8 Å². The van der Waals surface area contributed by atoms with Gasteiger partial charge in [-0.3, -0.25) is 14.9 Å². The number of anilines is 2. The molecule has 0 spiro atoms. The molecule has 0 radical (unpaired) electrons. The fourth-order valence-electron chi connectivity index (χ4n) is 1.91. The maximum Gasteiger partial charge on any atom is 0.304 e. The summed E-state index contributed by atoms with van der Waals surface area (Å²) < 4.78 is 0.882. The number of para-hydroxylation sites is 1. The number of carbonyl (C=O) groups excluding carboxylic acids is 1. The second-order valence-corrected chi connectivity index (χ2v) is 5.33. The molecule has 0 aliphatic heterocycles. The quantitative estimate of drug-likeness (QED) is 0.503. The molecule has 0 saturated heterocycles. The molecule has 108 valence electrons. The lowest BCUT2D eigenvalue weighted by atomic mass is 10.1. The molecule has 0 saturated carbocycles. The van der Waals surface area contributed by atoms with Gasteiger partial charge in [0, 0.05) is 10.2 Å². The number of amides is 1. The summed E-state index contributed by atoms with van der Waals surface area (Å²) in [5.74, 6) is -0.570. The van der Waals surface area contributed by atoms with E-state index in [0.717, 1.165) is 10.0 Å². The lowest BCUT2D eigenvalue weighted by molar-refractivity contribution is -0.384. The summed E-state index contributed by atoms with van der Waals surface area (Å²) in [6.07, 6.45) is 0. The molecule has 0 unspecified atom stereocenters. The molecule has 0 atom stereocenters. The summed E-state index contributed by atoms with van der Waals surface area (Å²) in [4.78, 5) is 22.6. The second-order valence-electron chi connectivity index (χ2n) is 4.41. The van der Waals surface area contributed by atoms with Crippen molar-refractivity contribution in [2.24, 2.45) is 0 Å². The Morgan fingerprint density at radius 1 is 1.33 bits per heavy atom. The lowest BCUT2D eigenvalue weighted by Gasteiger charge is -2.09. The fraction of sp³-hybridized carbons (Fsp3) is 0.0714. The smallest absolute Gasteiger partial charge is 0.304 e. The number of hydrogen-bond donors (Lipinski definition) is 2. The minimum atomic E-state index is -0.654. The van der Waals surface area contributed by atoms with Crippen molar-refractivity contribution >= 4 is 38.9 Å². The molecule has 3 N–H and O–H groups in total. The maximum atomic E-state index is 12.2. The molecule has 0 bridgehead atoms. The van der Waals surface area contributed by atoms with Gasteiger partial charge in [-0.05, 0) is 42.8 Å². The highest BCUT2D eigenvalue weighted by atomic mass is 79.9. The zero-order valence-electron chi connectivity index (χ0n) is 11.1. The van der Waals surface area contributed by atoms with E-state index in [1.807, 2.05) is 13.0 Å². The Bertz CT molecular complexity index is 731. The van der Waals surface area contributed by atoms with Crippen LogP contribution in [0.15, 0.2) is 40.9 Å². The van der Waals surface area contributed by atoms with Gasteiger partial charge in [-0.2, -0.15) is 0 Å². The minimum Gasteiger partial charge on any atom is -0.393 e. The summed E-state index contributed by atoms with van der Waals surface area (Å²) in [7, 11) is 0. The molecule has 0 fully saturated rings. The molecule has 7 heteroatoms. The molecule has 0 heterocycles. The number of carbonyl (C=O) groups is 1. The predicted molar refractivity (Wildman–Crippen MR) is 84.3 cm³/mol. The molecule has 0 aromatic heterocycles. The number of nitrogens with two attached hydrogens (primary N) is 1. The third-order valence-electron chi connectivity index (χ3n) is 2.93. The Hall–Kier alpha value is -2.41. The number of nitrogens with one attached hydrogen (secondary N) is 1. The van der Waals surface area contributed by atoms with E-state index < -0.39 is 10.8 Å². The first-order valence-electron chi connectivity index (χ1n) is 6.00. The van der Waals surface area contributed by atoms with E-state index in [-0.39, 0.29) is 16.9 Å². The van der Waals surface area contributed by atoms with Crippen molar-refractivity contribution in [3.05, 3.63) is 62.1 Å². The van der Waals surface area contributed by atoms with Crippen LogP contribution >= 0.6 is 15.9 Å². The van der Waals surface area contributed by atoms with Crippen molar-refractivity contribution in [1.29, 1.82) is 0 Å². The average molecular weight is 350 g/mol. The van der Waals surface area contributed by atoms with Gasteiger partial charge in [-0.25, -0.2) is 0 Å². The third-order valence-corrected chi connectivity index (χ3v) is 3.42. The van der Waals surface area contributed by atoms with Gasteiger partial charge >= 0.3 is 5.69 Å². The van der Waals surface area contributed by atoms with Crippen LogP contribution < -0.4 is 11.1 Å². The zero-order chi connectivity index (χ0) is 15.6. The molecule has 0 aliphatic carbocycles. The van der Waals surface area contributed by atoms with Gasteiger partial charge in [0.2, 0.25) is 0 Å². The van der Waals surface area contributed by atoms with Crippen molar-refractivity contribution in [3.63, 3.8) is 0 Å². The topological polar surface area (TPSA) is 98.3 Å². The third kappa shape index (κ3) is 3.19. The monoisotopic (exact) mass is 349 g/mol. The number of nitro groups is 1. The first kappa shape index (κ1) is 15.0. The maximum absolute atomic E-state index is 12.2. The van der Waals surface area contributed by atoms with Crippen LogP contribution in [0, 0.1) is 17.0 Å². The molecule has 2 rings (SSSR count). The number of halogens is 1. The van der Waals surface area contributed by atoms with Gasteiger partial charge in [0.05, 0.1) is 4.92 Å². The molecule has 2 aromatic carbocycles. The molecular formula is C14H12BrN3O3. The largest absolute Gasteiger partial charge is 0.393 e. The molecule has 0 aliphatic rings. The first-order valence-corrected chi connectivity index (χ1v) is 6.80. The molecule has 6 nitrogen and oxygen atoms in total. The fourth-order valence-corrected chi connectivity index (χ4v) is 2.38. The van der Waals surface area contributed by atoms with Crippen molar-refractivity contribution in [2.45, 2.75) is 6.92 Å². The summed E-state index contributed by atoms with van der Waals surface area (Å²) in [5, 5.41) is 13.7. The van der Waals surface area contributed by atoms with Crippen LogP contribution in [-0.2, 0) is 0 Å². The van der Waals surface area contributed by atoms with E-state index in [1.165, 1.54) is 18.2 Å². The zero-order valence-corrected chi connectivity index (χ0v) is 12.7. The SMILES string of the molecule is Cc1cc(Br)ccc1NC(=O)c1cccc(N)c1[N+](=O)[O-]. The van der Waals surface area contributed by atoms with E-state index in [9.17, 15) is 14.9 Å². The predicted octanol–water partition coefficient (Wildman–Crippen LogP) is 3.50. The Balaban J connectivity index is 2.37. The number of benzene rings is 2. The Labute approximate surface area is 129 Å². The summed E-state index contributed by atoms with van der Waals surface area (Å²) in [6, 6.07) is 9.60. The van der Waals surface area contributed by atoms with Gasteiger partial charge in [0.15, 0.2) is 0 Å². The van der Waals surface area contributed by atoms with E-state index in [1.54, 1.807) is 12.1 Å². The van der Waals surface area contributed by atoms with Crippen LogP contribution in [0.3, 0.4) is 0 Å². The van der Waals surface area contributed by atoms with Gasteiger partial charge in [-0.1, -0.05) is 22.0 Å². The first-order chi connectivity index (χ1) is 9.90. The number of nitrogen functional groups attached to an aromatic ring is 1. The van der Waals surface area contributed by atoms with E-state index in [2.05, 4.69) is 21.2 Å². The van der Waals surface area contributed by atoms with Crippen LogP contribution in [0.1, 0.15) is 15.9 Å². The molecule has 1 amide bonds. The van der Waals surface area contributed by atoms with Gasteiger partial charge in [0.25, 0.3) is 5.91 Å². The summed E-state index contributed by atoms with van der Waals surface area (Å²) in [5.41, 5.74) is 6.50. The Morgan fingerprint density at radius 3 is 2.67 bits per heavy atom. The highest BCUT2D eigenvalue weighted by Gasteiger charge is 2.23. The van der Waals surface area contributed by atoms with Gasteiger partial charge in [0.1, 0.15) is 11.3 Å². The normalized spacial score (nSPS) is 10.2. The molecule has 21 heavy (non-hydrogen) atoms. The minimum absolute atomic E-state index is 0.0415. The number of rotatable bonds is 3. The lowest BCUT2D eigenvalue weighted by Crippen LogP contribution is -2.15. The number of aryl methyl sites for hydroxylation is 1. The van der Waals surface area contributed by atoms with Crippen LogP contribution in [0.5, 0.6) is 0 Å². The van der Waals surface area contributed by atoms with Crippen LogP contribution in [0.2, 0.25) is 0 Å². The summed E-state index contributed by atoms with van der Waals surface area (Å²) >= 11 is 3.33. The van der Waals surface area contributed by atoms with Gasteiger partial charge < -0.3 is 11.1 Å². The van der Waals surface area contributed by atoms with E-state index in [4.69, 9.17) is 5.73 Å². The Kier molecular flexibility index (Phi) is 4.23. The number of hydrogen-bond acceptors (Lipinski definition) is 4. The van der Waals surface area contributed by atoms with E-state index in [0.29, 0.717) is 5.69 Å². The standard InChI is InChI=1S/C14H12BrN3O3/c1-8-7-9(15)5-6-12(8)17-14(19)10-3-2-4-11(16)13(10)18(20)21/h2-7H,16H2,1H3,(H,17,19). The van der Waals surface area contributed by atoms with Crippen molar-refractivity contribution in [1.82, 2.24) is 0 Å². The van der Waals surface area contributed by atoms with Gasteiger partial charge in [-0.15, -0.1) is 0 Å². The number of nitrogens with zero attached hydrogens (tertiary/aromatic N) is 1. The Morgan fingerprint density at radius 2 is 2.05 bits per heavy atom. The highest BCUT2D eigenvalue weighted by molar-refractivity contribution is 9.10. The van der Waals surface area contributed by atoms with Crippen molar-refractivity contribution in [3.8, 4) is 0 Å². The second kappa shape index (κ2) is 5.92. The average Bonchev–Trinajstić information content (AvgIpc) is 2.41.